The molecule has 5 heteroatoms. The van der Waals surface area contributed by atoms with E-state index >= 15 is 0 Å². The maximum Gasteiger partial charge on any atom is 0.180 e. The van der Waals surface area contributed by atoms with Gasteiger partial charge in [0.2, 0.25) is 0 Å². The number of nitrogens with zero attached hydrogens (tertiary/aromatic N) is 1. The number of fused-ring (bicyclic) bond motifs is 1. The van der Waals surface area contributed by atoms with Gasteiger partial charge in [-0.15, -0.1) is 0 Å². The highest BCUT2D eigenvalue weighted by Crippen LogP contribution is 2.33. The lowest BCUT2D eigenvalue weighted by molar-refractivity contribution is 0.340. The molecular formula is C16H24N2O2S. The minimum atomic E-state index is -3.17. The molecule has 2 unspecified atom stereocenters. The van der Waals surface area contributed by atoms with E-state index in [0.717, 1.165) is 25.3 Å². The number of nitrogens with one attached hydrogen (secondary N) is 1. The van der Waals surface area contributed by atoms with Crippen molar-refractivity contribution in [3.8, 4) is 0 Å². The van der Waals surface area contributed by atoms with Crippen LogP contribution in [0.5, 0.6) is 0 Å². The largest absolute Gasteiger partial charge is 0.369 e. The second kappa shape index (κ2) is 5.97. The van der Waals surface area contributed by atoms with Crippen molar-refractivity contribution in [3.05, 3.63) is 24.3 Å². The number of piperidine rings is 1. The number of rotatable bonds is 4. The lowest BCUT2D eigenvalue weighted by Gasteiger charge is -2.24. The van der Waals surface area contributed by atoms with Crippen molar-refractivity contribution >= 4 is 15.5 Å². The third kappa shape index (κ3) is 2.94. The predicted molar refractivity (Wildman–Crippen MR) is 85.5 cm³/mol. The Hall–Kier alpha value is -1.07. The van der Waals surface area contributed by atoms with E-state index in [1.807, 2.05) is 25.1 Å². The van der Waals surface area contributed by atoms with Gasteiger partial charge in [0.1, 0.15) is 0 Å². The number of anilines is 1. The van der Waals surface area contributed by atoms with E-state index in [0.29, 0.717) is 23.3 Å². The normalized spacial score (nSPS) is 25.9. The first kappa shape index (κ1) is 14.9. The monoisotopic (exact) mass is 308 g/mol. The smallest absolute Gasteiger partial charge is 0.180 e. The summed E-state index contributed by atoms with van der Waals surface area (Å²) in [4.78, 5) is 2.77. The summed E-state index contributed by atoms with van der Waals surface area (Å²) in [5.41, 5.74) is 0.891. The molecule has 0 saturated carbocycles. The third-order valence-corrected chi connectivity index (χ3v) is 6.57. The van der Waals surface area contributed by atoms with E-state index in [-0.39, 0.29) is 5.75 Å². The van der Waals surface area contributed by atoms with Gasteiger partial charge in [0.25, 0.3) is 0 Å². The standard InChI is InChI=1S/C16H24N2O2S/c1-2-10-21(19,20)16-8-4-3-7-15(16)18-11-13-6-5-9-17-14(13)12-18/h3-4,7-8,13-14,17H,2,5-6,9-12H2,1H3. The zero-order chi connectivity index (χ0) is 14.9. The average Bonchev–Trinajstić information content (AvgIpc) is 2.91. The van der Waals surface area contributed by atoms with Crippen molar-refractivity contribution in [1.82, 2.24) is 5.32 Å². The highest BCUT2D eigenvalue weighted by atomic mass is 32.2. The van der Waals surface area contributed by atoms with Crippen LogP contribution < -0.4 is 10.2 Å². The maximum atomic E-state index is 12.5. The van der Waals surface area contributed by atoms with Crippen molar-refractivity contribution in [2.45, 2.75) is 37.1 Å². The lowest BCUT2D eigenvalue weighted by atomic mass is 9.94. The molecule has 2 heterocycles. The van der Waals surface area contributed by atoms with Crippen molar-refractivity contribution in [2.24, 2.45) is 5.92 Å². The topological polar surface area (TPSA) is 49.4 Å². The minimum Gasteiger partial charge on any atom is -0.369 e. The van der Waals surface area contributed by atoms with Gasteiger partial charge in [0.15, 0.2) is 9.84 Å². The summed E-state index contributed by atoms with van der Waals surface area (Å²) in [5, 5.41) is 3.57. The summed E-state index contributed by atoms with van der Waals surface area (Å²) in [5.74, 6) is 0.879. The number of sulfone groups is 1. The molecule has 0 aromatic heterocycles. The Labute approximate surface area is 127 Å². The number of benzene rings is 1. The Morgan fingerprint density at radius 1 is 1.29 bits per heavy atom. The van der Waals surface area contributed by atoms with Crippen molar-refractivity contribution < 1.29 is 8.42 Å². The van der Waals surface area contributed by atoms with E-state index in [1.165, 1.54) is 12.8 Å². The van der Waals surface area contributed by atoms with E-state index < -0.39 is 9.84 Å². The Morgan fingerprint density at radius 3 is 2.86 bits per heavy atom. The number of para-hydroxylation sites is 1. The van der Waals surface area contributed by atoms with Crippen LogP contribution in [0.15, 0.2) is 29.2 Å². The summed E-state index contributed by atoms with van der Waals surface area (Å²) in [6, 6.07) is 8.00. The molecule has 0 amide bonds. The van der Waals surface area contributed by atoms with Gasteiger partial charge in [0.05, 0.1) is 16.3 Å². The minimum absolute atomic E-state index is 0.225. The Balaban J connectivity index is 1.89. The molecule has 4 nitrogen and oxygen atoms in total. The van der Waals surface area contributed by atoms with Gasteiger partial charge < -0.3 is 10.2 Å². The SMILES string of the molecule is CCCS(=O)(=O)c1ccccc1N1CC2CCCNC2C1. The first-order valence-electron chi connectivity index (χ1n) is 7.92. The molecule has 1 aromatic carbocycles. The number of hydrogen-bond donors (Lipinski definition) is 1. The molecule has 0 spiro atoms. The molecule has 1 N–H and O–H groups in total. The van der Waals surface area contributed by atoms with E-state index in [1.54, 1.807) is 6.07 Å². The van der Waals surface area contributed by atoms with Crippen LogP contribution in [0.25, 0.3) is 0 Å². The molecule has 116 valence electrons. The van der Waals surface area contributed by atoms with Crippen LogP contribution in [0, 0.1) is 5.92 Å². The van der Waals surface area contributed by atoms with Crippen LogP contribution in [0.3, 0.4) is 0 Å². The molecule has 1 aromatic rings. The molecule has 2 aliphatic heterocycles. The highest BCUT2D eigenvalue weighted by molar-refractivity contribution is 7.91. The van der Waals surface area contributed by atoms with Crippen LogP contribution >= 0.6 is 0 Å². The molecule has 2 aliphatic rings. The van der Waals surface area contributed by atoms with E-state index in [2.05, 4.69) is 10.2 Å². The maximum absolute atomic E-state index is 12.5. The van der Waals surface area contributed by atoms with Gasteiger partial charge in [0, 0.05) is 19.1 Å². The average molecular weight is 308 g/mol. The van der Waals surface area contributed by atoms with Crippen molar-refractivity contribution in [3.63, 3.8) is 0 Å². The number of hydrogen-bond acceptors (Lipinski definition) is 4. The highest BCUT2D eigenvalue weighted by Gasteiger charge is 2.35. The van der Waals surface area contributed by atoms with Crippen molar-refractivity contribution in [1.29, 1.82) is 0 Å². The summed E-state index contributed by atoms with van der Waals surface area (Å²) < 4.78 is 25.0. The van der Waals surface area contributed by atoms with Gasteiger partial charge in [-0.25, -0.2) is 8.42 Å². The first-order valence-corrected chi connectivity index (χ1v) is 9.57. The first-order chi connectivity index (χ1) is 10.1. The summed E-state index contributed by atoms with van der Waals surface area (Å²) in [6.07, 6.45) is 3.13. The predicted octanol–water partition coefficient (Wildman–Crippen LogP) is 2.06. The Morgan fingerprint density at radius 2 is 2.10 bits per heavy atom. The molecule has 3 rings (SSSR count). The van der Waals surface area contributed by atoms with E-state index in [9.17, 15) is 8.42 Å². The lowest BCUT2D eigenvalue weighted by Crippen LogP contribution is -2.40. The molecule has 0 radical (unpaired) electrons. The van der Waals surface area contributed by atoms with Gasteiger partial charge >= 0.3 is 0 Å². The van der Waals surface area contributed by atoms with E-state index in [4.69, 9.17) is 0 Å². The fraction of sp³-hybridized carbons (Fsp3) is 0.625. The van der Waals surface area contributed by atoms with Gasteiger partial charge in [-0.3, -0.25) is 0 Å². The quantitative estimate of drug-likeness (QED) is 0.925. The second-order valence-corrected chi connectivity index (χ2v) is 8.23. The molecule has 0 bridgehead atoms. The molecule has 2 fully saturated rings. The summed E-state index contributed by atoms with van der Waals surface area (Å²) >= 11 is 0. The fourth-order valence-corrected chi connectivity index (χ4v) is 5.16. The zero-order valence-corrected chi connectivity index (χ0v) is 13.4. The van der Waals surface area contributed by atoms with Crippen LogP contribution in [-0.2, 0) is 9.84 Å². The Kier molecular flexibility index (Phi) is 4.22. The molecule has 0 aliphatic carbocycles. The van der Waals surface area contributed by atoms with Gasteiger partial charge in [-0.1, -0.05) is 19.1 Å². The molecular weight excluding hydrogens is 284 g/mol. The van der Waals surface area contributed by atoms with Crippen LogP contribution in [0.4, 0.5) is 5.69 Å². The second-order valence-electron chi connectivity index (χ2n) is 6.15. The van der Waals surface area contributed by atoms with Gasteiger partial charge in [-0.05, 0) is 43.9 Å². The zero-order valence-electron chi connectivity index (χ0n) is 12.6. The third-order valence-electron chi connectivity index (χ3n) is 4.61. The summed E-state index contributed by atoms with van der Waals surface area (Å²) in [6.45, 7) is 4.89. The van der Waals surface area contributed by atoms with Crippen LogP contribution in [0.2, 0.25) is 0 Å². The van der Waals surface area contributed by atoms with Crippen LogP contribution in [-0.4, -0.2) is 39.8 Å². The molecule has 2 saturated heterocycles. The van der Waals surface area contributed by atoms with Crippen molar-refractivity contribution in [2.75, 3.05) is 30.3 Å². The molecule has 2 atom stereocenters. The Bertz CT molecular complexity index is 586. The van der Waals surface area contributed by atoms with Crippen LogP contribution in [0.1, 0.15) is 26.2 Å². The fourth-order valence-electron chi connectivity index (χ4n) is 3.60. The summed E-state index contributed by atoms with van der Waals surface area (Å²) in [7, 11) is -3.17. The van der Waals surface area contributed by atoms with Gasteiger partial charge in [-0.2, -0.15) is 0 Å². The molecule has 21 heavy (non-hydrogen) atoms.